The Morgan fingerprint density at radius 3 is 2.24 bits per heavy atom. The van der Waals surface area contributed by atoms with E-state index in [1.54, 1.807) is 6.92 Å². The number of hydrogen-bond acceptors (Lipinski definition) is 3. The van der Waals surface area contributed by atoms with Crippen molar-refractivity contribution in [3.05, 3.63) is 12.2 Å². The molecule has 3 nitrogen and oxygen atoms in total. The van der Waals surface area contributed by atoms with Crippen LogP contribution in [0.2, 0.25) is 25.7 Å². The molecule has 0 aromatic rings. The summed E-state index contributed by atoms with van der Waals surface area (Å²) in [6.07, 6.45) is 1.90. The average Bonchev–Trinajstić information content (AvgIpc) is 2.19. The Hall–Kier alpha value is -0.613. The Labute approximate surface area is 106 Å². The summed E-state index contributed by atoms with van der Waals surface area (Å²) in [7, 11) is -0.919. The molecule has 0 spiro atoms. The Morgan fingerprint density at radius 1 is 1.12 bits per heavy atom. The third kappa shape index (κ3) is 11.6. The molecule has 0 rings (SSSR count). The second-order valence-corrected chi connectivity index (χ2v) is 11.2. The van der Waals surface area contributed by atoms with Crippen molar-refractivity contribution < 1.29 is 14.3 Å². The predicted molar refractivity (Wildman–Crippen MR) is 74.0 cm³/mol. The van der Waals surface area contributed by atoms with E-state index in [-0.39, 0.29) is 5.97 Å². The van der Waals surface area contributed by atoms with Gasteiger partial charge < -0.3 is 9.47 Å². The van der Waals surface area contributed by atoms with Crippen LogP contribution in [0.5, 0.6) is 0 Å². The van der Waals surface area contributed by atoms with Gasteiger partial charge in [-0.25, -0.2) is 4.79 Å². The molecule has 0 bridgehead atoms. The summed E-state index contributed by atoms with van der Waals surface area (Å²) in [5.41, 5.74) is 0.445. The second-order valence-electron chi connectivity index (χ2n) is 5.55. The SMILES string of the molecule is C=C(C)C(=O)OCCCOCCC[Si](C)(C)C. The molecule has 0 saturated heterocycles. The zero-order valence-corrected chi connectivity index (χ0v) is 12.7. The average molecular weight is 258 g/mol. The molecule has 0 aliphatic rings. The lowest BCUT2D eigenvalue weighted by Crippen LogP contribution is -2.19. The van der Waals surface area contributed by atoms with Crippen LogP contribution in [0.3, 0.4) is 0 Å². The molecule has 0 aliphatic carbocycles. The summed E-state index contributed by atoms with van der Waals surface area (Å²) in [5.74, 6) is -0.316. The van der Waals surface area contributed by atoms with Crippen molar-refractivity contribution in [3.63, 3.8) is 0 Å². The molecule has 4 heteroatoms. The fourth-order valence-electron chi connectivity index (χ4n) is 1.26. The van der Waals surface area contributed by atoms with E-state index in [4.69, 9.17) is 9.47 Å². The normalized spacial score (nSPS) is 11.3. The number of rotatable bonds is 9. The highest BCUT2D eigenvalue weighted by Gasteiger charge is 2.11. The van der Waals surface area contributed by atoms with Gasteiger partial charge in [0.05, 0.1) is 6.61 Å². The summed E-state index contributed by atoms with van der Waals surface area (Å²) in [4.78, 5) is 11.0. The highest BCUT2D eigenvalue weighted by atomic mass is 28.3. The zero-order valence-electron chi connectivity index (χ0n) is 11.7. The zero-order chi connectivity index (χ0) is 13.3. The first kappa shape index (κ1) is 16.4. The molecule has 0 fully saturated rings. The van der Waals surface area contributed by atoms with Gasteiger partial charge in [0.25, 0.3) is 0 Å². The van der Waals surface area contributed by atoms with E-state index in [0.717, 1.165) is 19.4 Å². The number of carbonyl (C=O) groups is 1. The molecule has 0 radical (unpaired) electrons. The van der Waals surface area contributed by atoms with Crippen molar-refractivity contribution in [2.75, 3.05) is 19.8 Å². The van der Waals surface area contributed by atoms with Gasteiger partial charge in [-0.15, -0.1) is 0 Å². The fourth-order valence-corrected chi connectivity index (χ4v) is 2.46. The van der Waals surface area contributed by atoms with E-state index in [1.165, 1.54) is 6.04 Å². The van der Waals surface area contributed by atoms with Gasteiger partial charge >= 0.3 is 5.97 Å². The maximum atomic E-state index is 11.0. The van der Waals surface area contributed by atoms with Crippen LogP contribution >= 0.6 is 0 Å². The van der Waals surface area contributed by atoms with Gasteiger partial charge in [0.15, 0.2) is 0 Å². The quantitative estimate of drug-likeness (QED) is 0.276. The molecule has 0 aromatic carbocycles. The molecule has 0 N–H and O–H groups in total. The summed E-state index contributed by atoms with van der Waals surface area (Å²) in [5, 5.41) is 0. The maximum Gasteiger partial charge on any atom is 0.333 e. The van der Waals surface area contributed by atoms with Crippen LogP contribution in [0, 0.1) is 0 Å². The summed E-state index contributed by atoms with van der Waals surface area (Å²) in [6.45, 7) is 14.2. The molecule has 100 valence electrons. The maximum absolute atomic E-state index is 11.0. The molecular weight excluding hydrogens is 232 g/mol. The first-order valence-corrected chi connectivity index (χ1v) is 9.94. The molecule has 0 aromatic heterocycles. The van der Waals surface area contributed by atoms with Crippen LogP contribution in [-0.4, -0.2) is 33.9 Å². The van der Waals surface area contributed by atoms with Crippen LogP contribution in [0.4, 0.5) is 0 Å². The van der Waals surface area contributed by atoms with Crippen LogP contribution in [-0.2, 0) is 14.3 Å². The largest absolute Gasteiger partial charge is 0.462 e. The minimum Gasteiger partial charge on any atom is -0.462 e. The third-order valence-electron chi connectivity index (χ3n) is 2.23. The molecule has 0 atom stereocenters. The third-order valence-corrected chi connectivity index (χ3v) is 4.08. The first-order chi connectivity index (χ1) is 7.83. The summed E-state index contributed by atoms with van der Waals surface area (Å²) < 4.78 is 10.4. The number of carbonyl (C=O) groups excluding carboxylic acids is 1. The van der Waals surface area contributed by atoms with E-state index < -0.39 is 8.07 Å². The van der Waals surface area contributed by atoms with Crippen LogP contribution in [0.1, 0.15) is 19.8 Å². The van der Waals surface area contributed by atoms with Crippen molar-refractivity contribution in [1.29, 1.82) is 0 Å². The van der Waals surface area contributed by atoms with E-state index in [2.05, 4.69) is 26.2 Å². The van der Waals surface area contributed by atoms with E-state index in [1.807, 2.05) is 0 Å². The smallest absolute Gasteiger partial charge is 0.333 e. The Balaban J connectivity index is 3.25. The Bertz CT molecular complexity index is 244. The van der Waals surface area contributed by atoms with Crippen molar-refractivity contribution in [3.8, 4) is 0 Å². The van der Waals surface area contributed by atoms with Crippen LogP contribution in [0.25, 0.3) is 0 Å². The van der Waals surface area contributed by atoms with Crippen molar-refractivity contribution >= 4 is 14.0 Å². The molecule has 0 unspecified atom stereocenters. The van der Waals surface area contributed by atoms with Crippen LogP contribution < -0.4 is 0 Å². The van der Waals surface area contributed by atoms with E-state index in [0.29, 0.717) is 18.8 Å². The molecule has 0 saturated carbocycles. The van der Waals surface area contributed by atoms with Gasteiger partial charge in [-0.1, -0.05) is 32.3 Å². The molecular formula is C13H26O3Si. The number of hydrogen-bond donors (Lipinski definition) is 0. The molecule has 0 aliphatic heterocycles. The molecule has 17 heavy (non-hydrogen) atoms. The minimum atomic E-state index is -0.919. The first-order valence-electron chi connectivity index (χ1n) is 6.23. The van der Waals surface area contributed by atoms with Crippen molar-refractivity contribution in [2.45, 2.75) is 45.5 Å². The predicted octanol–water partition coefficient (Wildman–Crippen LogP) is 3.24. The summed E-state index contributed by atoms with van der Waals surface area (Å²) >= 11 is 0. The minimum absolute atomic E-state index is 0.316. The van der Waals surface area contributed by atoms with Gasteiger partial charge in [-0.2, -0.15) is 0 Å². The topological polar surface area (TPSA) is 35.5 Å². The van der Waals surface area contributed by atoms with Gasteiger partial charge in [-0.3, -0.25) is 0 Å². The highest BCUT2D eigenvalue weighted by molar-refractivity contribution is 6.76. The van der Waals surface area contributed by atoms with Crippen molar-refractivity contribution in [1.82, 2.24) is 0 Å². The van der Waals surface area contributed by atoms with Crippen molar-refractivity contribution in [2.24, 2.45) is 0 Å². The lowest BCUT2D eigenvalue weighted by Gasteiger charge is -2.15. The van der Waals surface area contributed by atoms with E-state index in [9.17, 15) is 4.79 Å². The molecule has 0 amide bonds. The van der Waals surface area contributed by atoms with Gasteiger partial charge in [0, 0.05) is 33.3 Å². The fraction of sp³-hybridized carbons (Fsp3) is 0.769. The lowest BCUT2D eigenvalue weighted by molar-refractivity contribution is -0.139. The summed E-state index contributed by atoms with van der Waals surface area (Å²) in [6, 6.07) is 1.30. The monoisotopic (exact) mass is 258 g/mol. The highest BCUT2D eigenvalue weighted by Crippen LogP contribution is 2.10. The number of esters is 1. The van der Waals surface area contributed by atoms with Gasteiger partial charge in [-0.05, 0) is 13.3 Å². The van der Waals surface area contributed by atoms with Gasteiger partial charge in [0.1, 0.15) is 0 Å². The molecule has 0 heterocycles. The lowest BCUT2D eigenvalue weighted by atomic mass is 10.4. The number of ether oxygens (including phenoxy) is 2. The standard InChI is InChI=1S/C13H26O3Si/c1-12(2)13(14)16-10-6-8-15-9-7-11-17(3,4)5/h1,6-11H2,2-5H3. The van der Waals surface area contributed by atoms with Crippen LogP contribution in [0.15, 0.2) is 12.2 Å². The van der Waals surface area contributed by atoms with Gasteiger partial charge in [0.2, 0.25) is 0 Å². The Kier molecular flexibility index (Phi) is 8.17. The Morgan fingerprint density at radius 2 is 1.71 bits per heavy atom. The second kappa shape index (κ2) is 8.47. The van der Waals surface area contributed by atoms with E-state index >= 15 is 0 Å².